The fourth-order valence-electron chi connectivity index (χ4n) is 2.45. The van der Waals surface area contributed by atoms with E-state index in [1.807, 2.05) is 0 Å². The first-order chi connectivity index (χ1) is 12.6. The Bertz CT molecular complexity index is 827. The van der Waals surface area contributed by atoms with Crippen molar-refractivity contribution in [3.05, 3.63) is 64.7 Å². The van der Waals surface area contributed by atoms with E-state index in [1.165, 1.54) is 43.3 Å². The molecule has 0 aliphatic heterocycles. The Hall–Kier alpha value is -2.83. The summed E-state index contributed by atoms with van der Waals surface area (Å²) in [5.41, 5.74) is -0.208. The highest BCUT2D eigenvalue weighted by molar-refractivity contribution is 5.97. The van der Waals surface area contributed by atoms with E-state index in [0.717, 1.165) is 6.07 Å². The molecule has 1 amide bonds. The summed E-state index contributed by atoms with van der Waals surface area (Å²) in [5, 5.41) is 2.47. The van der Waals surface area contributed by atoms with Crippen LogP contribution >= 0.6 is 0 Å². The summed E-state index contributed by atoms with van der Waals surface area (Å²) in [5.74, 6) is -0.548. The molecule has 7 heteroatoms. The molecule has 2 aromatic rings. The van der Waals surface area contributed by atoms with Gasteiger partial charge in [-0.1, -0.05) is 18.2 Å². The summed E-state index contributed by atoms with van der Waals surface area (Å²) in [6, 6.07) is 9.57. The number of hydrogen-bond acceptors (Lipinski definition) is 3. The van der Waals surface area contributed by atoms with Crippen LogP contribution in [0.25, 0.3) is 0 Å². The topological polar surface area (TPSA) is 55.4 Å². The fraction of sp³-hybridized carbons (Fsp3) is 0.300. The molecular weight excluding hydrogens is 359 g/mol. The second-order valence-corrected chi connectivity index (χ2v) is 6.30. The summed E-state index contributed by atoms with van der Waals surface area (Å²) < 4.78 is 45.3. The number of halogens is 3. The number of benzene rings is 2. The minimum Gasteiger partial charge on any atom is -0.491 e. The summed E-state index contributed by atoms with van der Waals surface area (Å²) in [6.07, 6.45) is -4.82. The number of carbonyl (C=O) groups is 2. The van der Waals surface area contributed by atoms with Crippen LogP contribution in [0.2, 0.25) is 0 Å². The summed E-state index contributed by atoms with van der Waals surface area (Å²) in [6.45, 7) is 4.56. The highest BCUT2D eigenvalue weighted by Crippen LogP contribution is 2.34. The minimum atomic E-state index is -4.57. The second kappa shape index (κ2) is 8.24. The smallest absolute Gasteiger partial charge is 0.416 e. The van der Waals surface area contributed by atoms with Crippen molar-refractivity contribution in [2.45, 2.75) is 39.6 Å². The van der Waals surface area contributed by atoms with Gasteiger partial charge in [0.1, 0.15) is 5.75 Å². The average molecular weight is 379 g/mol. The number of amides is 1. The van der Waals surface area contributed by atoms with Crippen molar-refractivity contribution >= 4 is 11.7 Å². The van der Waals surface area contributed by atoms with E-state index in [4.69, 9.17) is 4.74 Å². The van der Waals surface area contributed by atoms with Crippen molar-refractivity contribution in [3.8, 4) is 5.75 Å². The molecule has 0 aliphatic carbocycles. The number of Topliss-reactive ketones (excluding diaryl/α,β-unsaturated/α-hetero) is 1. The predicted octanol–water partition coefficient (Wildman–Crippen LogP) is 4.63. The minimum absolute atomic E-state index is 0.0627. The van der Waals surface area contributed by atoms with E-state index >= 15 is 0 Å². The number of rotatable bonds is 6. The van der Waals surface area contributed by atoms with E-state index in [0.29, 0.717) is 5.56 Å². The number of nitrogens with one attached hydrogen (secondary N) is 1. The predicted molar refractivity (Wildman–Crippen MR) is 94.8 cm³/mol. The molecule has 4 nitrogen and oxygen atoms in total. The summed E-state index contributed by atoms with van der Waals surface area (Å²) in [4.78, 5) is 23.4. The first kappa shape index (κ1) is 20.5. The van der Waals surface area contributed by atoms with Crippen LogP contribution in [0.4, 0.5) is 13.2 Å². The molecule has 0 aromatic heterocycles. The van der Waals surface area contributed by atoms with E-state index < -0.39 is 17.6 Å². The van der Waals surface area contributed by atoms with Crippen LogP contribution in [-0.4, -0.2) is 17.8 Å². The van der Waals surface area contributed by atoms with Crippen molar-refractivity contribution in [2.24, 2.45) is 0 Å². The zero-order chi connectivity index (χ0) is 20.2. The van der Waals surface area contributed by atoms with Crippen LogP contribution in [0.3, 0.4) is 0 Å². The monoisotopic (exact) mass is 379 g/mol. The van der Waals surface area contributed by atoms with Crippen molar-refractivity contribution < 1.29 is 27.5 Å². The van der Waals surface area contributed by atoms with E-state index in [1.54, 1.807) is 13.8 Å². The molecule has 0 saturated heterocycles. The van der Waals surface area contributed by atoms with Crippen molar-refractivity contribution in [3.63, 3.8) is 0 Å². The summed E-state index contributed by atoms with van der Waals surface area (Å²) >= 11 is 0. The maximum Gasteiger partial charge on any atom is 0.416 e. The van der Waals surface area contributed by atoms with Crippen LogP contribution in [-0.2, 0) is 12.7 Å². The molecule has 2 aromatic carbocycles. The van der Waals surface area contributed by atoms with Gasteiger partial charge in [0.2, 0.25) is 0 Å². The molecule has 0 aliphatic rings. The molecule has 0 radical (unpaired) electrons. The van der Waals surface area contributed by atoms with Gasteiger partial charge in [-0.15, -0.1) is 0 Å². The van der Waals surface area contributed by atoms with Crippen molar-refractivity contribution in [1.82, 2.24) is 5.32 Å². The molecule has 0 unspecified atom stereocenters. The van der Waals surface area contributed by atoms with E-state index in [9.17, 15) is 22.8 Å². The van der Waals surface area contributed by atoms with Gasteiger partial charge in [-0.3, -0.25) is 9.59 Å². The van der Waals surface area contributed by atoms with E-state index in [2.05, 4.69) is 5.32 Å². The lowest BCUT2D eigenvalue weighted by molar-refractivity contribution is -0.138. The zero-order valence-electron chi connectivity index (χ0n) is 15.2. The highest BCUT2D eigenvalue weighted by Gasteiger charge is 2.34. The molecule has 1 N–H and O–H groups in total. The van der Waals surface area contributed by atoms with E-state index in [-0.39, 0.29) is 35.3 Å². The third-order valence-electron chi connectivity index (χ3n) is 3.75. The Morgan fingerprint density at radius 2 is 1.63 bits per heavy atom. The van der Waals surface area contributed by atoms with Crippen molar-refractivity contribution in [1.29, 1.82) is 0 Å². The molecule has 0 spiro atoms. The van der Waals surface area contributed by atoms with Gasteiger partial charge < -0.3 is 10.1 Å². The third-order valence-corrected chi connectivity index (χ3v) is 3.75. The largest absolute Gasteiger partial charge is 0.491 e. The van der Waals surface area contributed by atoms with Crippen LogP contribution in [0.15, 0.2) is 42.5 Å². The maximum atomic E-state index is 13.3. The van der Waals surface area contributed by atoms with Gasteiger partial charge in [0.15, 0.2) is 5.78 Å². The fourth-order valence-corrected chi connectivity index (χ4v) is 2.45. The molecule has 0 fully saturated rings. The molecule has 0 bridgehead atoms. The first-order valence-corrected chi connectivity index (χ1v) is 8.34. The molecular formula is C20H20F3NO3. The number of hydrogen-bond donors (Lipinski definition) is 1. The van der Waals surface area contributed by atoms with Gasteiger partial charge in [0, 0.05) is 17.7 Å². The Morgan fingerprint density at radius 3 is 2.15 bits per heavy atom. The number of ether oxygens (including phenoxy) is 1. The summed E-state index contributed by atoms with van der Waals surface area (Å²) in [7, 11) is 0. The number of ketones is 1. The molecule has 2 rings (SSSR count). The molecule has 0 atom stereocenters. The Morgan fingerprint density at radius 1 is 1.04 bits per heavy atom. The number of alkyl halides is 3. The maximum absolute atomic E-state index is 13.3. The standard InChI is InChI=1S/C20H20F3NO3/c1-12(2)27-17-9-8-16(18(10-17)20(21,22)23)11-24-19(26)15-6-4-14(5-7-15)13(3)25/h4-10,12H,11H2,1-3H3,(H,24,26). The molecule has 0 saturated carbocycles. The molecule has 0 heterocycles. The Labute approximate surface area is 155 Å². The van der Waals surface area contributed by atoms with Crippen molar-refractivity contribution in [2.75, 3.05) is 0 Å². The Kier molecular flexibility index (Phi) is 6.25. The van der Waals surface area contributed by atoms with Crippen LogP contribution in [0, 0.1) is 0 Å². The Balaban J connectivity index is 2.16. The van der Waals surface area contributed by atoms with Gasteiger partial charge in [-0.25, -0.2) is 0 Å². The SMILES string of the molecule is CC(=O)c1ccc(C(=O)NCc2ccc(OC(C)C)cc2C(F)(F)F)cc1. The lowest BCUT2D eigenvalue weighted by atomic mass is 10.1. The normalized spacial score (nSPS) is 11.4. The van der Waals surface area contributed by atoms with Gasteiger partial charge in [-0.05, 0) is 50.6 Å². The highest BCUT2D eigenvalue weighted by atomic mass is 19.4. The molecule has 27 heavy (non-hydrogen) atoms. The van der Waals surface area contributed by atoms with Crippen LogP contribution in [0.5, 0.6) is 5.75 Å². The van der Waals surface area contributed by atoms with Crippen LogP contribution in [0.1, 0.15) is 52.6 Å². The lowest BCUT2D eigenvalue weighted by Crippen LogP contribution is -2.24. The number of carbonyl (C=O) groups excluding carboxylic acids is 2. The quantitative estimate of drug-likeness (QED) is 0.745. The van der Waals surface area contributed by atoms with Gasteiger partial charge in [0.25, 0.3) is 5.91 Å². The average Bonchev–Trinajstić information content (AvgIpc) is 2.59. The van der Waals surface area contributed by atoms with Crippen LogP contribution < -0.4 is 10.1 Å². The third kappa shape index (κ3) is 5.57. The van der Waals surface area contributed by atoms with Gasteiger partial charge >= 0.3 is 6.18 Å². The first-order valence-electron chi connectivity index (χ1n) is 8.34. The van der Waals surface area contributed by atoms with Gasteiger partial charge in [0.05, 0.1) is 11.7 Å². The molecule has 144 valence electrons. The zero-order valence-corrected chi connectivity index (χ0v) is 15.2. The second-order valence-electron chi connectivity index (χ2n) is 6.30. The van der Waals surface area contributed by atoms with Gasteiger partial charge in [-0.2, -0.15) is 13.2 Å². The lowest BCUT2D eigenvalue weighted by Gasteiger charge is -2.17.